The normalized spacial score (nSPS) is 12.6. The lowest BCUT2D eigenvalue weighted by molar-refractivity contribution is -0.660. The molecule has 0 bridgehead atoms. The molecule has 4 rings (SSSR count). The van der Waals surface area contributed by atoms with Crippen molar-refractivity contribution in [2.75, 3.05) is 0 Å². The van der Waals surface area contributed by atoms with Gasteiger partial charge in [0.15, 0.2) is 6.20 Å². The molecule has 0 saturated heterocycles. The third-order valence-electron chi connectivity index (χ3n) is 5.28. The van der Waals surface area contributed by atoms with Gasteiger partial charge in [-0.25, -0.2) is 9.55 Å². The van der Waals surface area contributed by atoms with Crippen molar-refractivity contribution < 1.29 is 4.57 Å². The standard InChI is InChI=1S/C22H26N3/c1-14(2)10-17-11-20(24(5)13-16(17)4)22-15(3)6-7-19-18(22)12-21-23-8-9-25(19)21/h6-9,11,13-14H,10,12H2,1-5H3/q+1. The van der Waals surface area contributed by atoms with Crippen LogP contribution in [0.3, 0.4) is 0 Å². The van der Waals surface area contributed by atoms with Crippen LogP contribution in [0.25, 0.3) is 16.9 Å². The first-order valence-electron chi connectivity index (χ1n) is 9.10. The monoisotopic (exact) mass is 332 g/mol. The minimum atomic E-state index is 0.659. The van der Waals surface area contributed by atoms with Crippen LogP contribution in [0.5, 0.6) is 0 Å². The van der Waals surface area contributed by atoms with Gasteiger partial charge in [0.05, 0.1) is 11.3 Å². The second-order valence-corrected chi connectivity index (χ2v) is 7.72. The van der Waals surface area contributed by atoms with Gasteiger partial charge in [0.25, 0.3) is 0 Å². The van der Waals surface area contributed by atoms with Crippen LogP contribution >= 0.6 is 0 Å². The van der Waals surface area contributed by atoms with Gasteiger partial charge in [-0.05, 0) is 48.9 Å². The second-order valence-electron chi connectivity index (χ2n) is 7.72. The minimum absolute atomic E-state index is 0.659. The van der Waals surface area contributed by atoms with Gasteiger partial charge in [0.2, 0.25) is 5.69 Å². The molecule has 0 radical (unpaired) electrons. The van der Waals surface area contributed by atoms with E-state index in [9.17, 15) is 0 Å². The Morgan fingerprint density at radius 1 is 1.20 bits per heavy atom. The highest BCUT2D eigenvalue weighted by Crippen LogP contribution is 2.36. The number of benzene rings is 1. The van der Waals surface area contributed by atoms with E-state index in [1.54, 1.807) is 0 Å². The van der Waals surface area contributed by atoms with Crippen molar-refractivity contribution in [2.24, 2.45) is 13.0 Å². The van der Waals surface area contributed by atoms with Crippen molar-refractivity contribution >= 4 is 0 Å². The molecule has 1 aliphatic rings. The van der Waals surface area contributed by atoms with Crippen LogP contribution in [0.15, 0.2) is 36.8 Å². The largest absolute Gasteiger partial charge is 0.303 e. The first-order valence-corrected chi connectivity index (χ1v) is 9.10. The molecule has 3 aromatic rings. The number of hydrogen-bond acceptors (Lipinski definition) is 1. The van der Waals surface area contributed by atoms with Crippen LogP contribution in [0, 0.1) is 19.8 Å². The van der Waals surface area contributed by atoms with Crippen LogP contribution in [0.4, 0.5) is 0 Å². The average molecular weight is 332 g/mol. The summed E-state index contributed by atoms with van der Waals surface area (Å²) < 4.78 is 4.50. The minimum Gasteiger partial charge on any atom is -0.303 e. The quantitative estimate of drug-likeness (QED) is 0.518. The summed E-state index contributed by atoms with van der Waals surface area (Å²) in [6.45, 7) is 9.02. The van der Waals surface area contributed by atoms with Crippen LogP contribution in [0.2, 0.25) is 0 Å². The lowest BCUT2D eigenvalue weighted by atomic mass is 9.92. The molecule has 0 aliphatic carbocycles. The molecule has 0 N–H and O–H groups in total. The third kappa shape index (κ3) is 2.58. The summed E-state index contributed by atoms with van der Waals surface area (Å²) in [4.78, 5) is 4.53. The number of nitrogens with zero attached hydrogens (tertiary/aromatic N) is 3. The van der Waals surface area contributed by atoms with Gasteiger partial charge in [-0.3, -0.25) is 0 Å². The van der Waals surface area contributed by atoms with Crippen molar-refractivity contribution in [2.45, 2.75) is 40.5 Å². The van der Waals surface area contributed by atoms with Crippen LogP contribution in [0.1, 0.15) is 41.9 Å². The first kappa shape index (κ1) is 16.1. The second kappa shape index (κ2) is 5.83. The molecule has 2 aromatic heterocycles. The van der Waals surface area contributed by atoms with Gasteiger partial charge in [0.1, 0.15) is 12.9 Å². The molecule has 3 nitrogen and oxygen atoms in total. The average Bonchev–Trinajstić information content (AvgIpc) is 3.11. The summed E-state index contributed by atoms with van der Waals surface area (Å²) >= 11 is 0. The van der Waals surface area contributed by atoms with Crippen molar-refractivity contribution in [1.82, 2.24) is 9.55 Å². The van der Waals surface area contributed by atoms with Gasteiger partial charge in [-0.15, -0.1) is 0 Å². The molecule has 1 aliphatic heterocycles. The highest BCUT2D eigenvalue weighted by Gasteiger charge is 2.27. The van der Waals surface area contributed by atoms with Crippen molar-refractivity contribution in [3.8, 4) is 16.9 Å². The maximum atomic E-state index is 4.53. The molecule has 0 unspecified atom stereocenters. The zero-order valence-electron chi connectivity index (χ0n) is 15.8. The van der Waals surface area contributed by atoms with E-state index in [1.165, 1.54) is 39.2 Å². The van der Waals surface area contributed by atoms with Gasteiger partial charge in [-0.2, -0.15) is 0 Å². The van der Waals surface area contributed by atoms with Crippen LogP contribution in [-0.4, -0.2) is 9.55 Å². The SMILES string of the molecule is Cc1c[n+](C)c(-c2c(C)ccc3c2Cc2nccn2-3)cc1CC(C)C. The maximum Gasteiger partial charge on any atom is 0.213 e. The zero-order valence-corrected chi connectivity index (χ0v) is 15.8. The third-order valence-corrected chi connectivity index (χ3v) is 5.28. The van der Waals surface area contributed by atoms with Crippen molar-refractivity contribution in [1.29, 1.82) is 0 Å². The molecular formula is C22H26N3+. The Kier molecular flexibility index (Phi) is 3.75. The molecule has 3 heterocycles. The predicted molar refractivity (Wildman–Crippen MR) is 101 cm³/mol. The van der Waals surface area contributed by atoms with Gasteiger partial charge >= 0.3 is 0 Å². The van der Waals surface area contributed by atoms with Crippen LogP contribution in [-0.2, 0) is 19.9 Å². The summed E-state index contributed by atoms with van der Waals surface area (Å²) in [7, 11) is 2.16. The highest BCUT2D eigenvalue weighted by molar-refractivity contribution is 5.73. The maximum absolute atomic E-state index is 4.53. The molecule has 25 heavy (non-hydrogen) atoms. The zero-order chi connectivity index (χ0) is 17.7. The number of hydrogen-bond donors (Lipinski definition) is 0. The summed E-state index contributed by atoms with van der Waals surface area (Å²) in [5.41, 5.74) is 9.52. The first-order chi connectivity index (χ1) is 12.0. The summed E-state index contributed by atoms with van der Waals surface area (Å²) in [6.07, 6.45) is 8.27. The topological polar surface area (TPSA) is 21.7 Å². The summed E-state index contributed by atoms with van der Waals surface area (Å²) in [5, 5.41) is 0. The molecular weight excluding hydrogens is 306 g/mol. The molecule has 0 amide bonds. The lowest BCUT2D eigenvalue weighted by Gasteiger charge is -2.14. The van der Waals surface area contributed by atoms with E-state index in [-0.39, 0.29) is 0 Å². The molecule has 0 spiro atoms. The van der Waals surface area contributed by atoms with Gasteiger partial charge in [0, 0.05) is 30.4 Å². The number of pyridine rings is 1. The van der Waals surface area contributed by atoms with E-state index in [2.05, 4.69) is 79.5 Å². The van der Waals surface area contributed by atoms with Gasteiger partial charge in [-0.1, -0.05) is 19.9 Å². The lowest BCUT2D eigenvalue weighted by Crippen LogP contribution is -2.32. The Hall–Kier alpha value is -2.42. The molecule has 3 heteroatoms. The number of fused-ring (bicyclic) bond motifs is 3. The number of aromatic nitrogens is 3. The highest BCUT2D eigenvalue weighted by atomic mass is 15.1. The molecule has 0 atom stereocenters. The Balaban J connectivity index is 1.92. The Bertz CT molecular complexity index is 964. The van der Waals surface area contributed by atoms with Gasteiger partial charge < -0.3 is 4.57 Å². The van der Waals surface area contributed by atoms with E-state index in [0.29, 0.717) is 5.92 Å². The molecule has 128 valence electrons. The summed E-state index contributed by atoms with van der Waals surface area (Å²) in [6, 6.07) is 6.87. The smallest absolute Gasteiger partial charge is 0.213 e. The molecule has 0 fully saturated rings. The summed E-state index contributed by atoms with van der Waals surface area (Å²) in [5.74, 6) is 1.80. The van der Waals surface area contributed by atoms with Crippen molar-refractivity contribution in [3.63, 3.8) is 0 Å². The predicted octanol–water partition coefficient (Wildman–Crippen LogP) is 4.08. The fourth-order valence-corrected chi connectivity index (χ4v) is 4.09. The van der Waals surface area contributed by atoms with Crippen molar-refractivity contribution in [3.05, 3.63) is 64.9 Å². The Morgan fingerprint density at radius 3 is 2.76 bits per heavy atom. The number of rotatable bonds is 3. The fourth-order valence-electron chi connectivity index (χ4n) is 4.09. The van der Waals surface area contributed by atoms with Crippen LogP contribution < -0.4 is 4.57 Å². The van der Waals surface area contributed by atoms with E-state index < -0.39 is 0 Å². The molecule has 0 saturated carbocycles. The Labute approximate surface area is 150 Å². The van der Waals surface area contributed by atoms with E-state index >= 15 is 0 Å². The fraction of sp³-hybridized carbons (Fsp3) is 0.364. The number of aryl methyl sites for hydroxylation is 3. The van der Waals surface area contributed by atoms with E-state index in [0.717, 1.165) is 18.7 Å². The van der Waals surface area contributed by atoms with E-state index in [1.807, 2.05) is 6.20 Å². The number of imidazole rings is 1. The van der Waals surface area contributed by atoms with E-state index in [4.69, 9.17) is 0 Å². The molecule has 1 aromatic carbocycles. The Morgan fingerprint density at radius 2 is 2.00 bits per heavy atom.